The maximum Gasteiger partial charge on any atom is 0.534 e. The van der Waals surface area contributed by atoms with Crippen molar-refractivity contribution in [3.63, 3.8) is 0 Å². The molecule has 40 heavy (non-hydrogen) atoms. The first-order valence-electron chi connectivity index (χ1n) is 12.3. The van der Waals surface area contributed by atoms with Gasteiger partial charge in [-0.2, -0.15) is 21.6 Å². The summed E-state index contributed by atoms with van der Waals surface area (Å²) in [5, 5.41) is 2.50. The molecule has 1 N–H and O–H groups in total. The molecule has 1 atom stereocenters. The van der Waals surface area contributed by atoms with Crippen molar-refractivity contribution in [1.82, 2.24) is 5.32 Å². The lowest BCUT2D eigenvalue weighted by Gasteiger charge is -2.20. The zero-order valence-electron chi connectivity index (χ0n) is 21.5. The summed E-state index contributed by atoms with van der Waals surface area (Å²) in [7, 11) is -5.83. The molecule has 4 rings (SSSR count). The fourth-order valence-electron chi connectivity index (χ4n) is 4.38. The van der Waals surface area contributed by atoms with Crippen LogP contribution in [-0.2, 0) is 30.8 Å². The van der Waals surface area contributed by atoms with E-state index in [0.29, 0.717) is 5.56 Å². The number of hydrogen-bond acceptors (Lipinski definition) is 7. The first-order chi connectivity index (χ1) is 18.9. The lowest BCUT2D eigenvalue weighted by atomic mass is 9.98. The van der Waals surface area contributed by atoms with E-state index in [-0.39, 0.29) is 18.9 Å². The molecule has 0 unspecified atom stereocenters. The number of alkyl carbamates (subject to hydrolysis) is 1. The van der Waals surface area contributed by atoms with Crippen molar-refractivity contribution in [2.75, 3.05) is 6.61 Å². The van der Waals surface area contributed by atoms with Crippen LogP contribution < -0.4 is 9.50 Å². The van der Waals surface area contributed by atoms with Crippen LogP contribution in [0.5, 0.6) is 5.75 Å². The molecule has 1 amide bonds. The van der Waals surface area contributed by atoms with Gasteiger partial charge in [-0.25, -0.2) is 9.59 Å². The Morgan fingerprint density at radius 1 is 0.900 bits per heavy atom. The van der Waals surface area contributed by atoms with Crippen LogP contribution in [0.1, 0.15) is 36.5 Å². The normalized spacial score (nSPS) is 13.8. The van der Waals surface area contributed by atoms with Gasteiger partial charge in [-0.1, -0.05) is 60.7 Å². The first kappa shape index (κ1) is 28.9. The molecule has 12 heteroatoms. The summed E-state index contributed by atoms with van der Waals surface area (Å²) in [4.78, 5) is 25.5. The molecule has 1 aliphatic rings. The van der Waals surface area contributed by atoms with Crippen LogP contribution in [0, 0.1) is 0 Å². The molecule has 3 aromatic carbocycles. The van der Waals surface area contributed by atoms with Crippen molar-refractivity contribution in [2.45, 2.75) is 43.8 Å². The Kier molecular flexibility index (Phi) is 8.38. The van der Waals surface area contributed by atoms with E-state index >= 15 is 0 Å². The van der Waals surface area contributed by atoms with Gasteiger partial charge in [-0.15, -0.1) is 0 Å². The molecule has 0 radical (unpaired) electrons. The van der Waals surface area contributed by atoms with Gasteiger partial charge in [0, 0.05) is 12.3 Å². The number of ether oxygens (including phenoxy) is 2. The number of rotatable bonds is 9. The molecular formula is C28H26F3NO7S. The van der Waals surface area contributed by atoms with Gasteiger partial charge in [0.15, 0.2) is 0 Å². The fourth-order valence-corrected chi connectivity index (χ4v) is 4.84. The van der Waals surface area contributed by atoms with E-state index in [9.17, 15) is 31.2 Å². The SMILES string of the molecule is CC(C)OC(=O)[C@H](Cc1ccc(OS(=O)(=O)C(F)(F)F)cc1)NC(=O)OCC1c2ccccc2-c2ccccc21. The Bertz CT molecular complexity index is 1440. The van der Waals surface area contributed by atoms with Gasteiger partial charge in [0.1, 0.15) is 18.4 Å². The average Bonchev–Trinajstić information content (AvgIpc) is 3.20. The van der Waals surface area contributed by atoms with Crippen molar-refractivity contribution in [1.29, 1.82) is 0 Å². The van der Waals surface area contributed by atoms with Gasteiger partial charge in [0.2, 0.25) is 0 Å². The monoisotopic (exact) mass is 577 g/mol. The Labute approximate surface area is 229 Å². The van der Waals surface area contributed by atoms with Crippen molar-refractivity contribution >= 4 is 22.2 Å². The molecule has 0 fully saturated rings. The van der Waals surface area contributed by atoms with Gasteiger partial charge >= 0.3 is 27.7 Å². The maximum absolute atomic E-state index is 12.8. The first-order valence-corrected chi connectivity index (χ1v) is 13.7. The smallest absolute Gasteiger partial charge is 0.461 e. The molecule has 0 spiro atoms. The van der Waals surface area contributed by atoms with E-state index in [4.69, 9.17) is 9.47 Å². The van der Waals surface area contributed by atoms with Crippen LogP contribution in [0.3, 0.4) is 0 Å². The summed E-state index contributed by atoms with van der Waals surface area (Å²) >= 11 is 0. The summed E-state index contributed by atoms with van der Waals surface area (Å²) in [6.07, 6.45) is -1.45. The number of nitrogens with one attached hydrogen (secondary N) is 1. The third-order valence-corrected chi connectivity index (χ3v) is 7.10. The minimum Gasteiger partial charge on any atom is -0.461 e. The molecule has 3 aromatic rings. The predicted molar refractivity (Wildman–Crippen MR) is 139 cm³/mol. The van der Waals surface area contributed by atoms with Crippen molar-refractivity contribution in [2.24, 2.45) is 0 Å². The van der Waals surface area contributed by atoms with Crippen molar-refractivity contribution < 1.29 is 44.8 Å². The molecule has 1 aliphatic carbocycles. The average molecular weight is 578 g/mol. The number of halogens is 3. The molecule has 0 saturated carbocycles. The molecule has 0 saturated heterocycles. The lowest BCUT2D eigenvalue weighted by molar-refractivity contribution is -0.149. The zero-order chi connectivity index (χ0) is 29.1. The number of carbonyl (C=O) groups is 2. The van der Waals surface area contributed by atoms with Gasteiger partial charge in [-0.05, 0) is 53.8 Å². The van der Waals surface area contributed by atoms with E-state index < -0.39 is 45.6 Å². The largest absolute Gasteiger partial charge is 0.534 e. The quantitative estimate of drug-likeness (QED) is 0.208. The third-order valence-electron chi connectivity index (χ3n) is 6.12. The van der Waals surface area contributed by atoms with E-state index in [0.717, 1.165) is 34.4 Å². The topological polar surface area (TPSA) is 108 Å². The van der Waals surface area contributed by atoms with Gasteiger partial charge in [0.05, 0.1) is 6.10 Å². The Morgan fingerprint density at radius 3 is 1.98 bits per heavy atom. The number of alkyl halides is 3. The maximum atomic E-state index is 12.8. The minimum absolute atomic E-state index is 0.0194. The van der Waals surface area contributed by atoms with Gasteiger partial charge in [-0.3, -0.25) is 0 Å². The summed E-state index contributed by atoms with van der Waals surface area (Å²) in [6, 6.07) is 19.0. The van der Waals surface area contributed by atoms with Gasteiger partial charge < -0.3 is 19.0 Å². The number of fused-ring (bicyclic) bond motifs is 3. The standard InChI is InChI=1S/C28H26F3NO7S/c1-17(2)38-26(33)25(15-18-11-13-19(14-12-18)39-40(35,36)28(29,30)31)32-27(34)37-16-24-22-9-5-3-7-20(22)21-8-4-6-10-23(21)24/h3-14,17,24-25H,15-16H2,1-2H3,(H,32,34)/t25-/m0/s1. The van der Waals surface area contributed by atoms with Crippen LogP contribution in [0.15, 0.2) is 72.8 Å². The Morgan fingerprint density at radius 2 is 1.45 bits per heavy atom. The number of amides is 1. The number of hydrogen-bond donors (Lipinski definition) is 1. The highest BCUT2D eigenvalue weighted by Gasteiger charge is 2.48. The highest BCUT2D eigenvalue weighted by atomic mass is 32.2. The molecular weight excluding hydrogens is 551 g/mol. The number of carbonyl (C=O) groups excluding carboxylic acids is 2. The predicted octanol–water partition coefficient (Wildman–Crippen LogP) is 5.32. The van der Waals surface area contributed by atoms with Crippen molar-refractivity contribution in [3.05, 3.63) is 89.5 Å². The van der Waals surface area contributed by atoms with E-state index in [1.165, 1.54) is 12.1 Å². The second-order valence-electron chi connectivity index (χ2n) is 9.34. The molecule has 8 nitrogen and oxygen atoms in total. The lowest BCUT2D eigenvalue weighted by Crippen LogP contribution is -2.44. The summed E-state index contributed by atoms with van der Waals surface area (Å²) < 4.78 is 75.0. The molecule has 0 aliphatic heterocycles. The highest BCUT2D eigenvalue weighted by Crippen LogP contribution is 2.44. The van der Waals surface area contributed by atoms with Crippen LogP contribution in [-0.4, -0.2) is 44.7 Å². The summed E-state index contributed by atoms with van der Waals surface area (Å²) in [5.74, 6) is -1.50. The molecule has 212 valence electrons. The fraction of sp³-hybridized carbons (Fsp3) is 0.286. The molecule has 0 heterocycles. The van der Waals surface area contributed by atoms with E-state index in [1.807, 2.05) is 48.5 Å². The van der Waals surface area contributed by atoms with Crippen LogP contribution in [0.25, 0.3) is 11.1 Å². The highest BCUT2D eigenvalue weighted by molar-refractivity contribution is 7.88. The second-order valence-corrected chi connectivity index (χ2v) is 10.9. The zero-order valence-corrected chi connectivity index (χ0v) is 22.3. The molecule has 0 aromatic heterocycles. The number of esters is 1. The van der Waals surface area contributed by atoms with Crippen LogP contribution >= 0.6 is 0 Å². The molecule has 0 bridgehead atoms. The Balaban J connectivity index is 1.44. The van der Waals surface area contributed by atoms with Gasteiger partial charge in [0.25, 0.3) is 0 Å². The van der Waals surface area contributed by atoms with Crippen LogP contribution in [0.2, 0.25) is 0 Å². The second kappa shape index (κ2) is 11.6. The van der Waals surface area contributed by atoms with E-state index in [1.54, 1.807) is 13.8 Å². The van der Waals surface area contributed by atoms with Crippen molar-refractivity contribution in [3.8, 4) is 16.9 Å². The third kappa shape index (κ3) is 6.56. The number of benzene rings is 3. The van der Waals surface area contributed by atoms with Crippen LogP contribution in [0.4, 0.5) is 18.0 Å². The minimum atomic E-state index is -5.83. The summed E-state index contributed by atoms with van der Waals surface area (Å²) in [6.45, 7) is 3.29. The van der Waals surface area contributed by atoms with E-state index in [2.05, 4.69) is 9.50 Å². The Hall–Kier alpha value is -4.06. The summed E-state index contributed by atoms with van der Waals surface area (Å²) in [5.41, 5.74) is -1.04.